The first kappa shape index (κ1) is 13.9. The molecule has 3 saturated heterocycles. The SMILES string of the molecule is O=C(c1cnc2ccccc2n1)N1CC[C@@]23OCCN2C(=O)C[C@@H]13. The van der Waals surface area contributed by atoms with Crippen molar-refractivity contribution in [1.29, 1.82) is 0 Å². The number of carbonyl (C=O) groups is 2. The van der Waals surface area contributed by atoms with Crippen LogP contribution < -0.4 is 0 Å². The van der Waals surface area contributed by atoms with E-state index in [1.54, 1.807) is 9.80 Å². The van der Waals surface area contributed by atoms with Crippen LogP contribution in [0.1, 0.15) is 23.3 Å². The zero-order valence-corrected chi connectivity index (χ0v) is 13.0. The minimum atomic E-state index is -0.614. The van der Waals surface area contributed by atoms with Crippen molar-refractivity contribution in [1.82, 2.24) is 19.8 Å². The first-order valence-corrected chi connectivity index (χ1v) is 8.16. The van der Waals surface area contributed by atoms with Gasteiger partial charge in [0.05, 0.1) is 36.3 Å². The number of ether oxygens (including phenoxy) is 1. The number of aromatic nitrogens is 2. The van der Waals surface area contributed by atoms with Crippen molar-refractivity contribution >= 4 is 22.8 Å². The molecule has 1 aromatic heterocycles. The molecule has 0 N–H and O–H groups in total. The minimum absolute atomic E-state index is 0.0691. The van der Waals surface area contributed by atoms with Crippen LogP contribution in [-0.2, 0) is 9.53 Å². The predicted octanol–water partition coefficient (Wildman–Crippen LogP) is 0.803. The highest BCUT2D eigenvalue weighted by molar-refractivity contribution is 5.95. The van der Waals surface area contributed by atoms with Gasteiger partial charge in [0.1, 0.15) is 5.69 Å². The van der Waals surface area contributed by atoms with E-state index in [0.717, 1.165) is 5.52 Å². The number of carbonyl (C=O) groups excluding carboxylic acids is 2. The molecular formula is C17H16N4O3. The van der Waals surface area contributed by atoms with Crippen molar-refractivity contribution in [2.45, 2.75) is 24.6 Å². The number of fused-ring (bicyclic) bond motifs is 1. The topological polar surface area (TPSA) is 75.6 Å². The van der Waals surface area contributed by atoms with Gasteiger partial charge in [0.2, 0.25) is 5.91 Å². The molecule has 0 radical (unpaired) electrons. The van der Waals surface area contributed by atoms with Crippen molar-refractivity contribution in [3.05, 3.63) is 36.2 Å². The van der Waals surface area contributed by atoms with Crippen LogP contribution in [0.4, 0.5) is 0 Å². The number of likely N-dealkylation sites (tertiary alicyclic amines) is 1. The summed E-state index contributed by atoms with van der Waals surface area (Å²) in [5, 5.41) is 0. The Labute approximate surface area is 138 Å². The molecule has 3 fully saturated rings. The molecule has 3 aliphatic rings. The van der Waals surface area contributed by atoms with E-state index in [-0.39, 0.29) is 17.9 Å². The minimum Gasteiger partial charge on any atom is -0.351 e. The molecule has 1 spiro atoms. The van der Waals surface area contributed by atoms with E-state index in [9.17, 15) is 9.59 Å². The lowest BCUT2D eigenvalue weighted by atomic mass is 10.1. The molecule has 2 amide bonds. The number of amides is 2. The Kier molecular flexibility index (Phi) is 2.73. The number of rotatable bonds is 1. The summed E-state index contributed by atoms with van der Waals surface area (Å²) in [6.07, 6.45) is 2.50. The molecule has 24 heavy (non-hydrogen) atoms. The largest absolute Gasteiger partial charge is 0.351 e. The summed E-state index contributed by atoms with van der Waals surface area (Å²) in [7, 11) is 0. The molecule has 4 heterocycles. The van der Waals surface area contributed by atoms with E-state index in [0.29, 0.717) is 43.7 Å². The lowest BCUT2D eigenvalue weighted by molar-refractivity contribution is -0.136. The van der Waals surface area contributed by atoms with Gasteiger partial charge in [0.15, 0.2) is 5.72 Å². The van der Waals surface area contributed by atoms with Crippen molar-refractivity contribution in [3.63, 3.8) is 0 Å². The van der Waals surface area contributed by atoms with Crippen molar-refractivity contribution < 1.29 is 14.3 Å². The maximum atomic E-state index is 13.0. The van der Waals surface area contributed by atoms with E-state index in [2.05, 4.69) is 9.97 Å². The Hall–Kier alpha value is -2.54. The Morgan fingerprint density at radius 2 is 2.08 bits per heavy atom. The number of nitrogens with zero attached hydrogens (tertiary/aromatic N) is 4. The Morgan fingerprint density at radius 1 is 1.25 bits per heavy atom. The molecule has 2 atom stereocenters. The molecule has 1 aromatic carbocycles. The fourth-order valence-corrected chi connectivity index (χ4v) is 4.24. The Morgan fingerprint density at radius 3 is 2.96 bits per heavy atom. The summed E-state index contributed by atoms with van der Waals surface area (Å²) in [4.78, 5) is 37.5. The number of hydrogen-bond donors (Lipinski definition) is 0. The van der Waals surface area contributed by atoms with E-state index in [1.807, 2.05) is 24.3 Å². The molecule has 0 bridgehead atoms. The van der Waals surface area contributed by atoms with Gasteiger partial charge in [-0.3, -0.25) is 14.6 Å². The van der Waals surface area contributed by atoms with Crippen LogP contribution in [0.5, 0.6) is 0 Å². The van der Waals surface area contributed by atoms with Gasteiger partial charge in [-0.15, -0.1) is 0 Å². The summed E-state index contributed by atoms with van der Waals surface area (Å²) in [5.74, 6) is -0.111. The molecule has 0 saturated carbocycles. The fourth-order valence-electron chi connectivity index (χ4n) is 4.24. The maximum absolute atomic E-state index is 13.0. The zero-order valence-electron chi connectivity index (χ0n) is 13.0. The van der Waals surface area contributed by atoms with Gasteiger partial charge in [0, 0.05) is 19.5 Å². The Bertz CT molecular complexity index is 870. The molecule has 2 aromatic rings. The third-order valence-electron chi connectivity index (χ3n) is 5.33. The van der Waals surface area contributed by atoms with Gasteiger partial charge in [-0.2, -0.15) is 0 Å². The first-order chi connectivity index (χ1) is 11.7. The standard InChI is InChI=1S/C17H16N4O3/c22-15-9-14-17(21(15)7-8-24-17)5-6-20(14)16(23)13-10-18-11-3-1-2-4-12(11)19-13/h1-4,10,14H,5-9H2/t14-,17+/m1/s1. The van der Waals surface area contributed by atoms with E-state index in [1.165, 1.54) is 6.20 Å². The van der Waals surface area contributed by atoms with Crippen LogP contribution in [0.15, 0.2) is 30.5 Å². The monoisotopic (exact) mass is 324 g/mol. The number of para-hydroxylation sites is 2. The van der Waals surface area contributed by atoms with Crippen molar-refractivity contribution in [3.8, 4) is 0 Å². The number of hydrogen-bond acceptors (Lipinski definition) is 5. The normalized spacial score (nSPS) is 28.5. The second kappa shape index (κ2) is 4.73. The molecule has 7 heteroatoms. The zero-order chi connectivity index (χ0) is 16.3. The molecular weight excluding hydrogens is 308 g/mol. The van der Waals surface area contributed by atoms with Gasteiger partial charge in [-0.05, 0) is 12.1 Å². The molecule has 7 nitrogen and oxygen atoms in total. The highest BCUT2D eigenvalue weighted by Crippen LogP contribution is 2.45. The van der Waals surface area contributed by atoms with E-state index in [4.69, 9.17) is 4.74 Å². The molecule has 3 aliphatic heterocycles. The van der Waals surface area contributed by atoms with Crippen LogP contribution in [0.2, 0.25) is 0 Å². The summed E-state index contributed by atoms with van der Waals surface area (Å²) < 4.78 is 5.92. The van der Waals surface area contributed by atoms with Crippen molar-refractivity contribution in [2.75, 3.05) is 19.7 Å². The molecule has 0 aliphatic carbocycles. The molecule has 5 rings (SSSR count). The lowest BCUT2D eigenvalue weighted by Gasteiger charge is -2.31. The van der Waals surface area contributed by atoms with Crippen molar-refractivity contribution in [2.24, 2.45) is 0 Å². The van der Waals surface area contributed by atoms with E-state index >= 15 is 0 Å². The van der Waals surface area contributed by atoms with Crippen LogP contribution in [0.25, 0.3) is 11.0 Å². The van der Waals surface area contributed by atoms with Crippen LogP contribution in [0, 0.1) is 0 Å². The smallest absolute Gasteiger partial charge is 0.274 e. The quantitative estimate of drug-likeness (QED) is 0.776. The summed E-state index contributed by atoms with van der Waals surface area (Å²) in [6.45, 7) is 1.73. The van der Waals surface area contributed by atoms with Gasteiger partial charge in [0.25, 0.3) is 5.91 Å². The summed E-state index contributed by atoms with van der Waals surface area (Å²) in [5.41, 5.74) is 1.15. The first-order valence-electron chi connectivity index (χ1n) is 8.16. The Balaban J connectivity index is 1.50. The third-order valence-corrected chi connectivity index (χ3v) is 5.33. The highest BCUT2D eigenvalue weighted by Gasteiger charge is 2.63. The fraction of sp³-hybridized carbons (Fsp3) is 0.412. The van der Waals surface area contributed by atoms with Crippen LogP contribution in [0.3, 0.4) is 0 Å². The van der Waals surface area contributed by atoms with Gasteiger partial charge in [-0.25, -0.2) is 4.98 Å². The molecule has 122 valence electrons. The van der Waals surface area contributed by atoms with Crippen LogP contribution in [-0.4, -0.2) is 63.0 Å². The second-order valence-corrected chi connectivity index (χ2v) is 6.45. The summed E-state index contributed by atoms with van der Waals surface area (Å²) in [6, 6.07) is 7.23. The number of benzene rings is 1. The average Bonchev–Trinajstić information content (AvgIpc) is 3.25. The summed E-state index contributed by atoms with van der Waals surface area (Å²) >= 11 is 0. The van der Waals surface area contributed by atoms with Gasteiger partial charge < -0.3 is 14.5 Å². The van der Waals surface area contributed by atoms with E-state index < -0.39 is 5.72 Å². The average molecular weight is 324 g/mol. The van der Waals surface area contributed by atoms with Gasteiger partial charge >= 0.3 is 0 Å². The predicted molar refractivity (Wildman–Crippen MR) is 84.0 cm³/mol. The maximum Gasteiger partial charge on any atom is 0.274 e. The van der Waals surface area contributed by atoms with Gasteiger partial charge in [-0.1, -0.05) is 12.1 Å². The highest BCUT2D eigenvalue weighted by atomic mass is 16.5. The third kappa shape index (κ3) is 1.70. The second-order valence-electron chi connectivity index (χ2n) is 6.45. The lowest BCUT2D eigenvalue weighted by Crippen LogP contribution is -2.48. The molecule has 0 unspecified atom stereocenters. The van der Waals surface area contributed by atoms with Crippen LogP contribution >= 0.6 is 0 Å².